The van der Waals surface area contributed by atoms with Crippen molar-refractivity contribution in [3.05, 3.63) is 41.8 Å². The molecule has 0 N–H and O–H groups in total. The van der Waals surface area contributed by atoms with Crippen molar-refractivity contribution in [2.75, 3.05) is 31.1 Å². The normalized spacial score (nSPS) is 17.9. The first-order chi connectivity index (χ1) is 10.2. The quantitative estimate of drug-likeness (QED) is 0.867. The minimum Gasteiger partial charge on any atom is -0.353 e. The Morgan fingerprint density at radius 1 is 1.19 bits per heavy atom. The standard InChI is InChI=1S/C15H20ClN5/c1-13(12-21-7-3-6-18-21)19-8-10-20(11-9-19)15-14(16)4-2-5-17-15/h2-7,13H,8-12H2,1H3/t13-/m1/s1. The van der Waals surface area contributed by atoms with Gasteiger partial charge in [0, 0.05) is 50.8 Å². The predicted molar refractivity (Wildman–Crippen MR) is 84.7 cm³/mol. The Morgan fingerprint density at radius 3 is 2.67 bits per heavy atom. The SMILES string of the molecule is C[C@H](Cn1cccn1)N1CCN(c2ncccc2Cl)CC1. The van der Waals surface area contributed by atoms with Crippen LogP contribution < -0.4 is 4.90 Å². The molecule has 2 aromatic rings. The Kier molecular flexibility index (Phi) is 4.41. The lowest BCUT2D eigenvalue weighted by atomic mass is 10.2. The van der Waals surface area contributed by atoms with Gasteiger partial charge in [0.05, 0.1) is 11.6 Å². The number of nitrogens with zero attached hydrogens (tertiary/aromatic N) is 5. The van der Waals surface area contributed by atoms with Crippen LogP contribution in [0.1, 0.15) is 6.92 Å². The monoisotopic (exact) mass is 305 g/mol. The summed E-state index contributed by atoms with van der Waals surface area (Å²) in [6.07, 6.45) is 5.64. The molecule has 6 heteroatoms. The average molecular weight is 306 g/mol. The number of halogens is 1. The molecule has 1 fully saturated rings. The number of anilines is 1. The summed E-state index contributed by atoms with van der Waals surface area (Å²) in [5, 5.41) is 5.01. The third kappa shape index (κ3) is 3.36. The van der Waals surface area contributed by atoms with Crippen molar-refractivity contribution in [2.24, 2.45) is 0 Å². The van der Waals surface area contributed by atoms with Crippen LogP contribution in [0, 0.1) is 0 Å². The van der Waals surface area contributed by atoms with E-state index in [9.17, 15) is 0 Å². The summed E-state index contributed by atoms with van der Waals surface area (Å²) in [6, 6.07) is 6.21. The largest absolute Gasteiger partial charge is 0.353 e. The van der Waals surface area contributed by atoms with Crippen LogP contribution in [0.4, 0.5) is 5.82 Å². The number of hydrogen-bond acceptors (Lipinski definition) is 4. The van der Waals surface area contributed by atoms with E-state index in [1.54, 1.807) is 6.20 Å². The summed E-state index contributed by atoms with van der Waals surface area (Å²) in [5.74, 6) is 0.901. The molecule has 5 nitrogen and oxygen atoms in total. The van der Waals surface area contributed by atoms with E-state index in [0.717, 1.165) is 43.6 Å². The number of piperazine rings is 1. The molecule has 0 saturated carbocycles. The first kappa shape index (κ1) is 14.4. The summed E-state index contributed by atoms with van der Waals surface area (Å²) in [4.78, 5) is 9.15. The molecule has 2 aromatic heterocycles. The van der Waals surface area contributed by atoms with Gasteiger partial charge in [0.2, 0.25) is 0 Å². The van der Waals surface area contributed by atoms with E-state index < -0.39 is 0 Å². The fraction of sp³-hybridized carbons (Fsp3) is 0.467. The highest BCUT2D eigenvalue weighted by Crippen LogP contribution is 2.23. The van der Waals surface area contributed by atoms with E-state index in [1.165, 1.54) is 0 Å². The number of rotatable bonds is 4. The van der Waals surface area contributed by atoms with Crippen molar-refractivity contribution in [1.82, 2.24) is 19.7 Å². The number of aromatic nitrogens is 3. The van der Waals surface area contributed by atoms with Crippen molar-refractivity contribution in [3.8, 4) is 0 Å². The van der Waals surface area contributed by atoms with Crippen molar-refractivity contribution in [1.29, 1.82) is 0 Å². The maximum Gasteiger partial charge on any atom is 0.147 e. The van der Waals surface area contributed by atoms with Gasteiger partial charge in [0.25, 0.3) is 0 Å². The molecule has 3 rings (SSSR count). The van der Waals surface area contributed by atoms with E-state index in [0.29, 0.717) is 6.04 Å². The topological polar surface area (TPSA) is 37.2 Å². The Morgan fingerprint density at radius 2 is 2.00 bits per heavy atom. The van der Waals surface area contributed by atoms with Crippen molar-refractivity contribution in [3.63, 3.8) is 0 Å². The molecule has 0 unspecified atom stereocenters. The molecule has 1 atom stereocenters. The van der Waals surface area contributed by atoms with Crippen LogP contribution in [0.15, 0.2) is 36.8 Å². The first-order valence-electron chi connectivity index (χ1n) is 7.31. The lowest BCUT2D eigenvalue weighted by Crippen LogP contribution is -2.50. The fourth-order valence-corrected chi connectivity index (χ4v) is 3.02. The molecule has 1 saturated heterocycles. The van der Waals surface area contributed by atoms with Gasteiger partial charge in [0.15, 0.2) is 0 Å². The van der Waals surface area contributed by atoms with Crippen LogP contribution >= 0.6 is 11.6 Å². The van der Waals surface area contributed by atoms with Crippen LogP contribution in [-0.2, 0) is 6.54 Å². The van der Waals surface area contributed by atoms with E-state index in [4.69, 9.17) is 11.6 Å². The third-order valence-electron chi connectivity index (χ3n) is 3.99. The van der Waals surface area contributed by atoms with Gasteiger partial charge in [-0.05, 0) is 25.1 Å². The van der Waals surface area contributed by atoms with Gasteiger partial charge in [0.1, 0.15) is 5.82 Å². The fourth-order valence-electron chi connectivity index (χ4n) is 2.78. The Balaban J connectivity index is 1.56. The smallest absolute Gasteiger partial charge is 0.147 e. The minimum atomic E-state index is 0.478. The zero-order valence-corrected chi connectivity index (χ0v) is 12.9. The van der Waals surface area contributed by atoms with Gasteiger partial charge in [-0.15, -0.1) is 0 Å². The molecule has 0 aliphatic carbocycles. The zero-order chi connectivity index (χ0) is 14.7. The van der Waals surface area contributed by atoms with E-state index in [1.807, 2.05) is 35.3 Å². The summed E-state index contributed by atoms with van der Waals surface area (Å²) in [6.45, 7) is 7.15. The van der Waals surface area contributed by atoms with Gasteiger partial charge in [-0.1, -0.05) is 11.6 Å². The van der Waals surface area contributed by atoms with E-state index in [2.05, 4.69) is 26.8 Å². The van der Waals surface area contributed by atoms with E-state index in [-0.39, 0.29) is 0 Å². The van der Waals surface area contributed by atoms with Crippen LogP contribution in [-0.4, -0.2) is 51.9 Å². The summed E-state index contributed by atoms with van der Waals surface area (Å²) in [5.41, 5.74) is 0. The predicted octanol–water partition coefficient (Wildman–Crippen LogP) is 2.14. The molecular weight excluding hydrogens is 286 g/mol. The molecule has 0 aromatic carbocycles. The molecule has 0 bridgehead atoms. The van der Waals surface area contributed by atoms with Crippen LogP contribution in [0.3, 0.4) is 0 Å². The van der Waals surface area contributed by atoms with Crippen molar-refractivity contribution < 1.29 is 0 Å². The molecule has 1 aliphatic rings. The highest BCUT2D eigenvalue weighted by molar-refractivity contribution is 6.32. The summed E-state index contributed by atoms with van der Waals surface area (Å²) >= 11 is 6.22. The second-order valence-corrected chi connectivity index (χ2v) is 5.82. The number of hydrogen-bond donors (Lipinski definition) is 0. The van der Waals surface area contributed by atoms with Gasteiger partial charge in [-0.3, -0.25) is 9.58 Å². The van der Waals surface area contributed by atoms with Crippen molar-refractivity contribution >= 4 is 17.4 Å². The van der Waals surface area contributed by atoms with Gasteiger partial charge < -0.3 is 4.90 Å². The zero-order valence-electron chi connectivity index (χ0n) is 12.2. The molecule has 0 radical (unpaired) electrons. The highest BCUT2D eigenvalue weighted by Gasteiger charge is 2.23. The van der Waals surface area contributed by atoms with Gasteiger partial charge in [-0.2, -0.15) is 5.10 Å². The average Bonchev–Trinajstić information content (AvgIpc) is 3.01. The highest BCUT2D eigenvalue weighted by atomic mass is 35.5. The van der Waals surface area contributed by atoms with Gasteiger partial charge in [-0.25, -0.2) is 4.98 Å². The molecule has 112 valence electrons. The third-order valence-corrected chi connectivity index (χ3v) is 4.28. The minimum absolute atomic E-state index is 0.478. The first-order valence-corrected chi connectivity index (χ1v) is 7.69. The lowest BCUT2D eigenvalue weighted by Gasteiger charge is -2.38. The molecule has 3 heterocycles. The Bertz CT molecular complexity index is 563. The van der Waals surface area contributed by atoms with Crippen LogP contribution in [0.25, 0.3) is 0 Å². The number of pyridine rings is 1. The molecule has 21 heavy (non-hydrogen) atoms. The lowest BCUT2D eigenvalue weighted by molar-refractivity contribution is 0.176. The summed E-state index contributed by atoms with van der Waals surface area (Å²) in [7, 11) is 0. The molecular formula is C15H20ClN5. The molecule has 0 amide bonds. The maximum absolute atomic E-state index is 6.22. The van der Waals surface area contributed by atoms with Gasteiger partial charge >= 0.3 is 0 Å². The maximum atomic E-state index is 6.22. The second kappa shape index (κ2) is 6.45. The molecule has 0 spiro atoms. The Labute approximate surface area is 130 Å². The van der Waals surface area contributed by atoms with Crippen LogP contribution in [0.2, 0.25) is 5.02 Å². The summed E-state index contributed by atoms with van der Waals surface area (Å²) < 4.78 is 1.99. The molecule has 1 aliphatic heterocycles. The van der Waals surface area contributed by atoms with Crippen LogP contribution in [0.5, 0.6) is 0 Å². The van der Waals surface area contributed by atoms with E-state index >= 15 is 0 Å². The van der Waals surface area contributed by atoms with Crippen molar-refractivity contribution in [2.45, 2.75) is 19.5 Å². The second-order valence-electron chi connectivity index (χ2n) is 5.41. The Hall–Kier alpha value is -1.59.